The van der Waals surface area contributed by atoms with Crippen molar-refractivity contribution >= 4 is 17.5 Å². The molecule has 150 valence electrons. The maximum Gasteiger partial charge on any atom is 0.255 e. The Bertz CT molecular complexity index is 937. The molecule has 0 radical (unpaired) electrons. The molecule has 2 N–H and O–H groups in total. The fraction of sp³-hybridized carbons (Fsp3) is 0.273. The van der Waals surface area contributed by atoms with Crippen LogP contribution in [0, 0.1) is 0 Å². The first kappa shape index (κ1) is 19.6. The van der Waals surface area contributed by atoms with E-state index in [0.29, 0.717) is 30.3 Å². The van der Waals surface area contributed by atoms with E-state index in [1.165, 1.54) is 0 Å². The topological polar surface area (TPSA) is 70.2 Å². The number of hydrogen-bond donors (Lipinski definition) is 2. The Morgan fingerprint density at radius 1 is 1.14 bits per heavy atom. The summed E-state index contributed by atoms with van der Waals surface area (Å²) in [7, 11) is 0. The number of carbonyl (C=O) groups excluding carboxylic acids is 1. The highest BCUT2D eigenvalue weighted by molar-refractivity contribution is 6.30. The lowest BCUT2D eigenvalue weighted by molar-refractivity contribution is 0.0162. The predicted molar refractivity (Wildman–Crippen MR) is 113 cm³/mol. The lowest BCUT2D eigenvalue weighted by Gasteiger charge is -2.35. The first-order valence-corrected chi connectivity index (χ1v) is 10.0. The molecule has 1 atom stereocenters. The lowest BCUT2D eigenvalue weighted by Crippen LogP contribution is -2.43. The van der Waals surface area contributed by atoms with E-state index in [0.717, 1.165) is 29.9 Å². The molecule has 2 heterocycles. The van der Waals surface area contributed by atoms with Crippen LogP contribution in [0.25, 0.3) is 11.3 Å². The molecule has 7 heteroatoms. The zero-order valence-corrected chi connectivity index (χ0v) is 16.7. The number of aromatic amines is 1. The molecule has 0 aliphatic carbocycles. The molecule has 6 nitrogen and oxygen atoms in total. The summed E-state index contributed by atoms with van der Waals surface area (Å²) < 4.78 is 5.49. The fourth-order valence-corrected chi connectivity index (χ4v) is 3.73. The molecule has 0 saturated carbocycles. The number of morpholine rings is 1. The van der Waals surface area contributed by atoms with Gasteiger partial charge in [-0.2, -0.15) is 5.10 Å². The maximum absolute atomic E-state index is 12.9. The average molecular weight is 411 g/mol. The largest absolute Gasteiger partial charge is 0.379 e. The van der Waals surface area contributed by atoms with Gasteiger partial charge in [-0.05, 0) is 17.7 Å². The highest BCUT2D eigenvalue weighted by Gasteiger charge is 2.24. The molecule has 2 aromatic carbocycles. The number of H-pyrrole nitrogens is 1. The van der Waals surface area contributed by atoms with Crippen molar-refractivity contribution in [2.75, 3.05) is 32.8 Å². The molecule has 1 saturated heterocycles. The normalized spacial score (nSPS) is 15.8. The summed E-state index contributed by atoms with van der Waals surface area (Å²) in [5.74, 6) is -0.148. The summed E-state index contributed by atoms with van der Waals surface area (Å²) in [6.07, 6.45) is 1.57. The third kappa shape index (κ3) is 4.67. The Labute approximate surface area is 174 Å². The summed E-state index contributed by atoms with van der Waals surface area (Å²) in [5, 5.41) is 10.8. The van der Waals surface area contributed by atoms with Gasteiger partial charge in [0.05, 0.1) is 36.7 Å². The molecular weight excluding hydrogens is 388 g/mol. The molecule has 1 fully saturated rings. The van der Waals surface area contributed by atoms with Crippen LogP contribution in [-0.4, -0.2) is 53.9 Å². The van der Waals surface area contributed by atoms with E-state index in [1.54, 1.807) is 6.20 Å². The number of nitrogens with one attached hydrogen (secondary N) is 2. The van der Waals surface area contributed by atoms with Crippen LogP contribution in [0.1, 0.15) is 22.0 Å². The van der Waals surface area contributed by atoms with Gasteiger partial charge in [-0.25, -0.2) is 0 Å². The second-order valence-corrected chi connectivity index (χ2v) is 7.39. The molecule has 3 aromatic rings. The predicted octanol–water partition coefficient (Wildman–Crippen LogP) is 3.53. The summed E-state index contributed by atoms with van der Waals surface area (Å²) >= 11 is 6.06. The minimum absolute atomic E-state index is 0.0483. The monoisotopic (exact) mass is 410 g/mol. The second-order valence-electron chi connectivity index (χ2n) is 6.95. The molecule has 1 aromatic heterocycles. The van der Waals surface area contributed by atoms with Gasteiger partial charge in [-0.1, -0.05) is 54.1 Å². The number of carbonyl (C=O) groups is 1. The van der Waals surface area contributed by atoms with E-state index in [9.17, 15) is 4.79 Å². The van der Waals surface area contributed by atoms with Crippen molar-refractivity contribution < 1.29 is 9.53 Å². The van der Waals surface area contributed by atoms with Crippen molar-refractivity contribution in [3.63, 3.8) is 0 Å². The van der Waals surface area contributed by atoms with E-state index in [-0.39, 0.29) is 11.9 Å². The number of benzene rings is 2. The van der Waals surface area contributed by atoms with Crippen LogP contribution < -0.4 is 5.32 Å². The zero-order valence-electron chi connectivity index (χ0n) is 16.0. The van der Waals surface area contributed by atoms with E-state index >= 15 is 0 Å². The maximum atomic E-state index is 12.9. The highest BCUT2D eigenvalue weighted by Crippen LogP contribution is 2.24. The van der Waals surface area contributed by atoms with Crippen LogP contribution in [0.5, 0.6) is 0 Å². The summed E-state index contributed by atoms with van der Waals surface area (Å²) in [5.41, 5.74) is 3.30. The number of rotatable bonds is 6. The standard InChI is InChI=1S/C22H23ClN4O2/c23-18-8-6-16(7-9-18)20(27-10-12-29-13-11-27)15-24-22(28)19-14-25-26-21(19)17-4-2-1-3-5-17/h1-9,14,20H,10-13,15H2,(H,24,28)(H,25,26)/t20-/m1/s1. The van der Waals surface area contributed by atoms with Gasteiger partial charge in [-0.15, -0.1) is 0 Å². The number of halogens is 1. The zero-order chi connectivity index (χ0) is 20.1. The Hall–Kier alpha value is -2.67. The summed E-state index contributed by atoms with van der Waals surface area (Å²) in [4.78, 5) is 15.3. The molecule has 1 aliphatic rings. The van der Waals surface area contributed by atoms with Crippen LogP contribution >= 0.6 is 11.6 Å². The first-order valence-electron chi connectivity index (χ1n) is 9.66. The fourth-order valence-electron chi connectivity index (χ4n) is 3.60. The van der Waals surface area contributed by atoms with Gasteiger partial charge in [-0.3, -0.25) is 14.8 Å². The van der Waals surface area contributed by atoms with Gasteiger partial charge in [0, 0.05) is 30.2 Å². The number of aromatic nitrogens is 2. The smallest absolute Gasteiger partial charge is 0.255 e. The average Bonchev–Trinajstić information content (AvgIpc) is 3.26. The summed E-state index contributed by atoms with van der Waals surface area (Å²) in [6.45, 7) is 3.52. The lowest BCUT2D eigenvalue weighted by atomic mass is 10.0. The Morgan fingerprint density at radius 3 is 2.59 bits per heavy atom. The van der Waals surface area contributed by atoms with Crippen molar-refractivity contribution in [1.82, 2.24) is 20.4 Å². The molecule has 0 unspecified atom stereocenters. The molecule has 1 amide bonds. The molecule has 0 bridgehead atoms. The van der Waals surface area contributed by atoms with Gasteiger partial charge in [0.1, 0.15) is 0 Å². The van der Waals surface area contributed by atoms with E-state index < -0.39 is 0 Å². The molecule has 1 aliphatic heterocycles. The molecule has 4 rings (SSSR count). The number of hydrogen-bond acceptors (Lipinski definition) is 4. The van der Waals surface area contributed by atoms with Crippen LogP contribution in [0.4, 0.5) is 0 Å². The molecule has 29 heavy (non-hydrogen) atoms. The van der Waals surface area contributed by atoms with Crippen molar-refractivity contribution in [3.8, 4) is 11.3 Å². The first-order chi connectivity index (χ1) is 14.2. The van der Waals surface area contributed by atoms with Crippen LogP contribution in [0.2, 0.25) is 5.02 Å². The number of nitrogens with zero attached hydrogens (tertiary/aromatic N) is 2. The van der Waals surface area contributed by atoms with Gasteiger partial charge in [0.15, 0.2) is 0 Å². The Balaban J connectivity index is 1.51. The molecule has 0 spiro atoms. The van der Waals surface area contributed by atoms with E-state index in [1.807, 2.05) is 54.6 Å². The molecular formula is C22H23ClN4O2. The minimum atomic E-state index is -0.148. The number of amides is 1. The third-order valence-corrected chi connectivity index (χ3v) is 5.40. The van der Waals surface area contributed by atoms with Gasteiger partial charge < -0.3 is 10.1 Å². The van der Waals surface area contributed by atoms with Gasteiger partial charge in [0.25, 0.3) is 5.91 Å². The van der Waals surface area contributed by atoms with Crippen LogP contribution in [0.15, 0.2) is 60.8 Å². The Kier molecular flexibility index (Phi) is 6.24. The van der Waals surface area contributed by atoms with Gasteiger partial charge >= 0.3 is 0 Å². The van der Waals surface area contributed by atoms with Crippen molar-refractivity contribution in [2.45, 2.75) is 6.04 Å². The third-order valence-electron chi connectivity index (χ3n) is 5.14. The van der Waals surface area contributed by atoms with Crippen molar-refractivity contribution in [1.29, 1.82) is 0 Å². The quantitative estimate of drug-likeness (QED) is 0.652. The number of ether oxygens (including phenoxy) is 1. The summed E-state index contributed by atoms with van der Waals surface area (Å²) in [6, 6.07) is 17.6. The van der Waals surface area contributed by atoms with Crippen molar-refractivity contribution in [3.05, 3.63) is 76.9 Å². The van der Waals surface area contributed by atoms with Crippen LogP contribution in [0.3, 0.4) is 0 Å². The minimum Gasteiger partial charge on any atom is -0.379 e. The van der Waals surface area contributed by atoms with E-state index in [2.05, 4.69) is 20.4 Å². The van der Waals surface area contributed by atoms with E-state index in [4.69, 9.17) is 16.3 Å². The van der Waals surface area contributed by atoms with Crippen molar-refractivity contribution in [2.24, 2.45) is 0 Å². The SMILES string of the molecule is O=C(NC[C@H](c1ccc(Cl)cc1)N1CCOCC1)c1cn[nH]c1-c1ccccc1. The van der Waals surface area contributed by atoms with Gasteiger partial charge in [0.2, 0.25) is 0 Å². The van der Waals surface area contributed by atoms with Crippen LogP contribution in [-0.2, 0) is 4.74 Å². The highest BCUT2D eigenvalue weighted by atomic mass is 35.5. The Morgan fingerprint density at radius 2 is 1.86 bits per heavy atom. The second kappa shape index (κ2) is 9.22.